The zero-order valence-corrected chi connectivity index (χ0v) is 12.3. The van der Waals surface area contributed by atoms with Gasteiger partial charge in [0.05, 0.1) is 4.88 Å². The van der Waals surface area contributed by atoms with Gasteiger partial charge in [-0.15, -0.1) is 11.3 Å². The second-order valence-electron chi connectivity index (χ2n) is 5.10. The molecule has 0 aliphatic rings. The highest BCUT2D eigenvalue weighted by molar-refractivity contribution is 7.13. The average Bonchev–Trinajstić information content (AvgIpc) is 3.04. The van der Waals surface area contributed by atoms with Crippen molar-refractivity contribution in [1.82, 2.24) is 9.55 Å². The van der Waals surface area contributed by atoms with Crippen LogP contribution in [0.5, 0.6) is 0 Å². The summed E-state index contributed by atoms with van der Waals surface area (Å²) in [4.78, 5) is 16.4. The highest BCUT2D eigenvalue weighted by atomic mass is 32.1. The number of unbranched alkanes of at least 4 members (excludes halogenated alkanes) is 1. The van der Waals surface area contributed by atoms with E-state index in [0.29, 0.717) is 6.42 Å². The topological polar surface area (TPSA) is 81.1 Å². The first-order chi connectivity index (χ1) is 9.50. The molecule has 2 aromatic heterocycles. The number of carboxylic acids is 1. The predicted octanol–water partition coefficient (Wildman–Crippen LogP) is 2.58. The highest BCUT2D eigenvalue weighted by Crippen LogP contribution is 2.23. The summed E-state index contributed by atoms with van der Waals surface area (Å²) in [5, 5.41) is 11.0. The number of nitrogens with two attached hydrogens (primary N) is 1. The monoisotopic (exact) mass is 293 g/mol. The first-order valence-corrected chi connectivity index (χ1v) is 7.46. The molecule has 0 saturated carbocycles. The van der Waals surface area contributed by atoms with Crippen LogP contribution < -0.4 is 5.73 Å². The van der Waals surface area contributed by atoms with E-state index >= 15 is 0 Å². The molecule has 5 nitrogen and oxygen atoms in total. The number of aryl methyl sites for hydroxylation is 1. The molecule has 6 heteroatoms. The number of imidazole rings is 1. The Kier molecular flexibility index (Phi) is 4.57. The summed E-state index contributed by atoms with van der Waals surface area (Å²) >= 11 is 1.66. The first-order valence-electron chi connectivity index (χ1n) is 6.58. The maximum absolute atomic E-state index is 10.9. The molecule has 0 aliphatic carbocycles. The summed E-state index contributed by atoms with van der Waals surface area (Å²) < 4.78 is 2.10. The SMILES string of the molecule is CC(N)(CCCCn1ccnc1-c1cccs1)C(=O)O. The predicted molar refractivity (Wildman–Crippen MR) is 79.6 cm³/mol. The van der Waals surface area contributed by atoms with Gasteiger partial charge in [-0.3, -0.25) is 4.79 Å². The summed E-state index contributed by atoms with van der Waals surface area (Å²) in [5.74, 6) is 0.0214. The number of rotatable bonds is 7. The van der Waals surface area contributed by atoms with Gasteiger partial charge in [0.15, 0.2) is 0 Å². The number of carboxylic acid groups (broad SMARTS) is 1. The summed E-state index contributed by atoms with van der Waals surface area (Å²) in [6.45, 7) is 2.38. The molecule has 1 atom stereocenters. The smallest absolute Gasteiger partial charge is 0.323 e. The van der Waals surface area contributed by atoms with Crippen LogP contribution in [0.4, 0.5) is 0 Å². The van der Waals surface area contributed by atoms with Crippen molar-refractivity contribution in [1.29, 1.82) is 0 Å². The van der Waals surface area contributed by atoms with Gasteiger partial charge in [-0.1, -0.05) is 6.07 Å². The molecule has 0 radical (unpaired) electrons. The van der Waals surface area contributed by atoms with Crippen LogP contribution in [0.15, 0.2) is 29.9 Å². The van der Waals surface area contributed by atoms with Crippen LogP contribution in [0, 0.1) is 0 Å². The Morgan fingerprint density at radius 3 is 3.00 bits per heavy atom. The molecule has 2 heterocycles. The zero-order chi connectivity index (χ0) is 14.6. The van der Waals surface area contributed by atoms with E-state index in [-0.39, 0.29) is 0 Å². The van der Waals surface area contributed by atoms with Gasteiger partial charge in [-0.25, -0.2) is 4.98 Å². The summed E-state index contributed by atoms with van der Waals surface area (Å²) in [6, 6.07) is 4.05. The van der Waals surface area contributed by atoms with E-state index in [1.54, 1.807) is 24.5 Å². The Balaban J connectivity index is 1.87. The van der Waals surface area contributed by atoms with Crippen LogP contribution in [0.2, 0.25) is 0 Å². The summed E-state index contributed by atoms with van der Waals surface area (Å²) in [6.07, 6.45) is 5.88. The van der Waals surface area contributed by atoms with Crippen molar-refractivity contribution in [3.05, 3.63) is 29.9 Å². The van der Waals surface area contributed by atoms with Crippen molar-refractivity contribution >= 4 is 17.3 Å². The molecule has 0 fully saturated rings. The van der Waals surface area contributed by atoms with Gasteiger partial charge in [0, 0.05) is 18.9 Å². The van der Waals surface area contributed by atoms with Crippen LogP contribution in [0.1, 0.15) is 26.2 Å². The van der Waals surface area contributed by atoms with Gasteiger partial charge >= 0.3 is 5.97 Å². The molecule has 2 aromatic rings. The van der Waals surface area contributed by atoms with E-state index in [1.807, 2.05) is 23.7 Å². The number of nitrogens with zero attached hydrogens (tertiary/aromatic N) is 2. The molecule has 3 N–H and O–H groups in total. The van der Waals surface area contributed by atoms with Crippen LogP contribution in [0.25, 0.3) is 10.7 Å². The van der Waals surface area contributed by atoms with E-state index in [1.165, 1.54) is 0 Å². The summed E-state index contributed by atoms with van der Waals surface area (Å²) in [7, 11) is 0. The fourth-order valence-corrected chi connectivity index (χ4v) is 2.74. The van der Waals surface area contributed by atoms with E-state index in [0.717, 1.165) is 30.1 Å². The Morgan fingerprint density at radius 2 is 2.35 bits per heavy atom. The lowest BCUT2D eigenvalue weighted by Crippen LogP contribution is -2.44. The van der Waals surface area contributed by atoms with Crippen LogP contribution in [0.3, 0.4) is 0 Å². The third kappa shape index (κ3) is 3.46. The van der Waals surface area contributed by atoms with Crippen molar-refractivity contribution in [2.24, 2.45) is 5.73 Å². The molecule has 0 saturated heterocycles. The van der Waals surface area contributed by atoms with Gasteiger partial charge in [0.1, 0.15) is 11.4 Å². The second kappa shape index (κ2) is 6.19. The molecule has 0 amide bonds. The lowest BCUT2D eigenvalue weighted by Gasteiger charge is -2.18. The van der Waals surface area contributed by atoms with Crippen molar-refractivity contribution < 1.29 is 9.90 Å². The number of aliphatic carboxylic acids is 1. The van der Waals surface area contributed by atoms with Crippen LogP contribution in [-0.4, -0.2) is 26.2 Å². The minimum absolute atomic E-state index is 0.478. The molecule has 20 heavy (non-hydrogen) atoms. The number of thiophene rings is 1. The Labute approximate surface area is 122 Å². The molecular formula is C14H19N3O2S. The fraction of sp³-hybridized carbons (Fsp3) is 0.429. The quantitative estimate of drug-likeness (QED) is 0.769. The van der Waals surface area contributed by atoms with Crippen molar-refractivity contribution in [2.75, 3.05) is 0 Å². The van der Waals surface area contributed by atoms with Crippen molar-refractivity contribution in [3.63, 3.8) is 0 Å². The van der Waals surface area contributed by atoms with E-state index in [2.05, 4.69) is 9.55 Å². The van der Waals surface area contributed by atoms with Gasteiger partial charge in [0.25, 0.3) is 0 Å². The molecule has 0 aliphatic heterocycles. The maximum atomic E-state index is 10.9. The third-order valence-corrected chi connectivity index (χ3v) is 4.16. The molecule has 0 spiro atoms. The number of aromatic nitrogens is 2. The molecular weight excluding hydrogens is 274 g/mol. The molecule has 0 bridgehead atoms. The molecule has 1 unspecified atom stereocenters. The molecule has 2 rings (SSSR count). The summed E-state index contributed by atoms with van der Waals surface area (Å²) in [5.41, 5.74) is 4.58. The highest BCUT2D eigenvalue weighted by Gasteiger charge is 2.26. The Bertz CT molecular complexity index is 561. The minimum atomic E-state index is -1.13. The van der Waals surface area contributed by atoms with E-state index in [4.69, 9.17) is 10.8 Å². The van der Waals surface area contributed by atoms with E-state index in [9.17, 15) is 4.79 Å². The second-order valence-corrected chi connectivity index (χ2v) is 6.05. The minimum Gasteiger partial charge on any atom is -0.480 e. The van der Waals surface area contributed by atoms with Gasteiger partial charge < -0.3 is 15.4 Å². The third-order valence-electron chi connectivity index (χ3n) is 3.29. The van der Waals surface area contributed by atoms with Crippen molar-refractivity contribution in [2.45, 2.75) is 38.3 Å². The van der Waals surface area contributed by atoms with E-state index < -0.39 is 11.5 Å². The first kappa shape index (κ1) is 14.7. The van der Waals surface area contributed by atoms with Gasteiger partial charge in [0.2, 0.25) is 0 Å². The maximum Gasteiger partial charge on any atom is 0.323 e. The zero-order valence-electron chi connectivity index (χ0n) is 11.5. The van der Waals surface area contributed by atoms with Crippen LogP contribution in [-0.2, 0) is 11.3 Å². The van der Waals surface area contributed by atoms with Gasteiger partial charge in [-0.05, 0) is 37.6 Å². The van der Waals surface area contributed by atoms with Gasteiger partial charge in [-0.2, -0.15) is 0 Å². The van der Waals surface area contributed by atoms with Crippen molar-refractivity contribution in [3.8, 4) is 10.7 Å². The molecule has 108 valence electrons. The Hall–Kier alpha value is -1.66. The lowest BCUT2D eigenvalue weighted by molar-refractivity contribution is -0.142. The number of carbonyl (C=O) groups is 1. The normalized spacial score (nSPS) is 14.1. The Morgan fingerprint density at radius 1 is 1.55 bits per heavy atom. The molecule has 0 aromatic carbocycles. The number of hydrogen-bond acceptors (Lipinski definition) is 4. The largest absolute Gasteiger partial charge is 0.480 e. The fourth-order valence-electron chi connectivity index (χ4n) is 2.00. The standard InChI is InChI=1S/C14H19N3O2S/c1-14(15,13(18)19)6-2-3-8-17-9-7-16-12(17)11-5-4-10-20-11/h4-5,7,9-10H,2-3,6,8,15H2,1H3,(H,18,19). The van der Waals surface area contributed by atoms with Crippen LogP contribution >= 0.6 is 11.3 Å². The average molecular weight is 293 g/mol. The lowest BCUT2D eigenvalue weighted by atomic mass is 9.96. The number of hydrogen-bond donors (Lipinski definition) is 2.